The summed E-state index contributed by atoms with van der Waals surface area (Å²) in [5, 5.41) is 9.82. The minimum atomic E-state index is 0.0636. The molecule has 0 aliphatic carbocycles. The van der Waals surface area contributed by atoms with Crippen LogP contribution in [0.1, 0.15) is 54.8 Å². The first-order valence-electron chi connectivity index (χ1n) is 12.6. The molecule has 1 aliphatic rings. The van der Waals surface area contributed by atoms with E-state index in [1.54, 1.807) is 0 Å². The summed E-state index contributed by atoms with van der Waals surface area (Å²) in [5.41, 5.74) is 4.86. The molecular weight excluding hydrogens is 452 g/mol. The Morgan fingerprint density at radius 1 is 0.971 bits per heavy atom. The van der Waals surface area contributed by atoms with Crippen LogP contribution in [0.15, 0.2) is 53.6 Å². The number of nitrogens with zero attached hydrogens (tertiary/aromatic N) is 6. The van der Waals surface area contributed by atoms with Crippen LogP contribution >= 0.6 is 12.2 Å². The van der Waals surface area contributed by atoms with E-state index in [1.165, 1.54) is 16.7 Å². The summed E-state index contributed by atoms with van der Waals surface area (Å²) in [4.78, 5) is 4.77. The first-order chi connectivity index (χ1) is 16.8. The molecule has 0 N–H and O–H groups in total. The summed E-state index contributed by atoms with van der Waals surface area (Å²) in [6.45, 7) is 13.6. The molecule has 1 fully saturated rings. The molecule has 1 aromatic heterocycles. The van der Waals surface area contributed by atoms with Crippen molar-refractivity contribution >= 4 is 18.4 Å². The third kappa shape index (κ3) is 6.54. The van der Waals surface area contributed by atoms with Crippen molar-refractivity contribution in [3.63, 3.8) is 0 Å². The van der Waals surface area contributed by atoms with Gasteiger partial charge >= 0.3 is 0 Å². The molecule has 0 amide bonds. The lowest BCUT2D eigenvalue weighted by molar-refractivity contribution is 0.118. The predicted molar refractivity (Wildman–Crippen MR) is 147 cm³/mol. The zero-order chi connectivity index (χ0) is 24.9. The molecule has 3 aromatic rings. The Kier molecular flexibility index (Phi) is 8.31. The number of aryl methyl sites for hydroxylation is 1. The molecule has 0 saturated carbocycles. The highest BCUT2D eigenvalue weighted by atomic mass is 32.1. The summed E-state index contributed by atoms with van der Waals surface area (Å²) in [5.74, 6) is 1.57. The first kappa shape index (κ1) is 25.5. The van der Waals surface area contributed by atoms with Crippen LogP contribution in [0.3, 0.4) is 0 Å². The van der Waals surface area contributed by atoms with Gasteiger partial charge in [0.2, 0.25) is 4.77 Å². The number of piperazine rings is 1. The van der Waals surface area contributed by atoms with Crippen molar-refractivity contribution in [3.8, 4) is 0 Å². The molecular formula is C28H38N6S. The van der Waals surface area contributed by atoms with Gasteiger partial charge in [-0.1, -0.05) is 74.9 Å². The van der Waals surface area contributed by atoms with Gasteiger partial charge in [-0.25, -0.2) is 4.68 Å². The highest BCUT2D eigenvalue weighted by Crippen LogP contribution is 2.25. The van der Waals surface area contributed by atoms with Gasteiger partial charge in [-0.05, 0) is 55.2 Å². The Morgan fingerprint density at radius 2 is 1.63 bits per heavy atom. The maximum Gasteiger partial charge on any atom is 0.220 e. The monoisotopic (exact) mass is 490 g/mol. The van der Waals surface area contributed by atoms with Crippen LogP contribution < -0.4 is 0 Å². The van der Waals surface area contributed by atoms with E-state index in [9.17, 15) is 0 Å². The molecule has 2 heterocycles. The molecule has 0 radical (unpaired) electrons. The average molecular weight is 491 g/mol. The molecule has 1 unspecified atom stereocenters. The SMILES string of the molecule is Cc1ccc(/C=N/n2c(C(C)c3ccc(CC(C)C)cc3)nn(CN3CCN(C)CC3)c2=S)cc1. The lowest BCUT2D eigenvalue weighted by Gasteiger charge is -2.31. The zero-order valence-corrected chi connectivity index (χ0v) is 22.5. The lowest BCUT2D eigenvalue weighted by atomic mass is 9.96. The second-order valence-electron chi connectivity index (χ2n) is 10.2. The predicted octanol–water partition coefficient (Wildman–Crippen LogP) is 5.16. The Morgan fingerprint density at radius 3 is 2.26 bits per heavy atom. The fourth-order valence-electron chi connectivity index (χ4n) is 4.41. The van der Waals surface area contributed by atoms with Crippen molar-refractivity contribution < 1.29 is 0 Å². The summed E-state index contributed by atoms with van der Waals surface area (Å²) in [7, 11) is 2.17. The molecule has 4 rings (SSSR count). The zero-order valence-electron chi connectivity index (χ0n) is 21.7. The van der Waals surface area contributed by atoms with Crippen molar-refractivity contribution in [1.29, 1.82) is 0 Å². The van der Waals surface area contributed by atoms with Crippen LogP contribution in [-0.4, -0.2) is 63.7 Å². The van der Waals surface area contributed by atoms with Gasteiger partial charge in [0, 0.05) is 32.1 Å². The molecule has 1 atom stereocenters. The van der Waals surface area contributed by atoms with E-state index in [-0.39, 0.29) is 5.92 Å². The van der Waals surface area contributed by atoms with Gasteiger partial charge in [0.15, 0.2) is 5.82 Å². The highest BCUT2D eigenvalue weighted by molar-refractivity contribution is 7.71. The molecule has 35 heavy (non-hydrogen) atoms. The molecule has 0 spiro atoms. The third-order valence-corrected chi connectivity index (χ3v) is 7.07. The van der Waals surface area contributed by atoms with E-state index in [0.29, 0.717) is 17.4 Å². The van der Waals surface area contributed by atoms with E-state index in [4.69, 9.17) is 22.4 Å². The average Bonchev–Trinajstić information content (AvgIpc) is 3.15. The fraction of sp³-hybridized carbons (Fsp3) is 0.464. The Bertz CT molecular complexity index is 1180. The minimum absolute atomic E-state index is 0.0636. The van der Waals surface area contributed by atoms with E-state index in [2.05, 4.69) is 93.1 Å². The number of aromatic nitrogens is 3. The smallest absolute Gasteiger partial charge is 0.220 e. The third-order valence-electron chi connectivity index (χ3n) is 6.68. The van der Waals surface area contributed by atoms with Gasteiger partial charge < -0.3 is 4.90 Å². The molecule has 7 heteroatoms. The number of likely N-dealkylation sites (N-methyl/N-ethyl adjacent to an activating group) is 1. The highest BCUT2D eigenvalue weighted by Gasteiger charge is 2.21. The van der Waals surface area contributed by atoms with Gasteiger partial charge in [-0.2, -0.15) is 14.9 Å². The van der Waals surface area contributed by atoms with Crippen LogP contribution in [0, 0.1) is 17.6 Å². The van der Waals surface area contributed by atoms with Crippen LogP contribution in [0.2, 0.25) is 0 Å². The van der Waals surface area contributed by atoms with Crippen molar-refractivity contribution in [3.05, 3.63) is 81.4 Å². The lowest BCUT2D eigenvalue weighted by Crippen LogP contribution is -2.45. The van der Waals surface area contributed by atoms with E-state index < -0.39 is 0 Å². The van der Waals surface area contributed by atoms with Crippen LogP contribution in [-0.2, 0) is 13.1 Å². The summed E-state index contributed by atoms with van der Waals surface area (Å²) in [6.07, 6.45) is 2.96. The van der Waals surface area contributed by atoms with Crippen LogP contribution in [0.4, 0.5) is 0 Å². The molecule has 2 aromatic carbocycles. The number of hydrogen-bond donors (Lipinski definition) is 0. The Hall–Kier alpha value is -2.61. The first-order valence-corrected chi connectivity index (χ1v) is 13.0. The normalized spacial score (nSPS) is 16.4. The molecule has 0 bridgehead atoms. The standard InChI is InChI=1S/C28H38N6S/c1-21(2)18-24-10-12-26(13-11-24)23(4)27-30-33(20-32-16-14-31(5)15-17-32)28(35)34(27)29-19-25-8-6-22(3)7-9-25/h6-13,19,21,23H,14-18,20H2,1-5H3/b29-19+. The molecule has 1 saturated heterocycles. The fourth-order valence-corrected chi connectivity index (χ4v) is 4.64. The van der Waals surface area contributed by atoms with Crippen molar-refractivity contribution in [2.24, 2.45) is 11.0 Å². The second-order valence-corrected chi connectivity index (χ2v) is 10.6. The quantitative estimate of drug-likeness (QED) is 0.323. The van der Waals surface area contributed by atoms with E-state index in [0.717, 1.165) is 44.0 Å². The van der Waals surface area contributed by atoms with E-state index >= 15 is 0 Å². The Balaban J connectivity index is 1.65. The topological polar surface area (TPSA) is 41.6 Å². The number of rotatable bonds is 8. The van der Waals surface area contributed by atoms with Crippen molar-refractivity contribution in [2.45, 2.75) is 46.7 Å². The Labute approximate surface area is 214 Å². The van der Waals surface area contributed by atoms with Gasteiger partial charge in [-0.3, -0.25) is 4.90 Å². The van der Waals surface area contributed by atoms with Crippen LogP contribution in [0.25, 0.3) is 0 Å². The summed E-state index contributed by atoms with van der Waals surface area (Å²) < 4.78 is 4.41. The number of benzene rings is 2. The second kappa shape index (κ2) is 11.4. The molecule has 1 aliphatic heterocycles. The number of hydrogen-bond acceptors (Lipinski definition) is 5. The molecule has 186 valence electrons. The largest absolute Gasteiger partial charge is 0.304 e. The van der Waals surface area contributed by atoms with Gasteiger partial charge in [0.05, 0.1) is 12.9 Å². The van der Waals surface area contributed by atoms with E-state index in [1.807, 2.05) is 15.6 Å². The van der Waals surface area contributed by atoms with Crippen molar-refractivity contribution in [1.82, 2.24) is 24.3 Å². The van der Waals surface area contributed by atoms with Gasteiger partial charge in [0.25, 0.3) is 0 Å². The van der Waals surface area contributed by atoms with Crippen LogP contribution in [0.5, 0.6) is 0 Å². The van der Waals surface area contributed by atoms with Crippen molar-refractivity contribution in [2.75, 3.05) is 33.2 Å². The van der Waals surface area contributed by atoms with Gasteiger partial charge in [0.1, 0.15) is 0 Å². The molecule has 6 nitrogen and oxygen atoms in total. The van der Waals surface area contributed by atoms with Gasteiger partial charge in [-0.15, -0.1) is 0 Å². The maximum atomic E-state index is 5.89. The summed E-state index contributed by atoms with van der Waals surface area (Å²) in [6, 6.07) is 17.3. The maximum absolute atomic E-state index is 5.89. The summed E-state index contributed by atoms with van der Waals surface area (Å²) >= 11 is 5.89. The minimum Gasteiger partial charge on any atom is -0.304 e.